The summed E-state index contributed by atoms with van der Waals surface area (Å²) >= 11 is 0. The number of benzene rings is 1. The molecule has 1 aromatic rings. The standard InChI is InChI=1S/C21H35NO3/c1-4-5-6-7-8-9-10-11-12-18-13-15-19(16-14-18)24-21(23)25-20(22)17(2)3/h13-17,20H,4-12,22H2,1-3H3. The molecular formula is C21H35NO3. The van der Waals surface area contributed by atoms with Crippen molar-refractivity contribution in [2.24, 2.45) is 11.7 Å². The van der Waals surface area contributed by atoms with E-state index in [2.05, 4.69) is 6.92 Å². The normalized spacial score (nSPS) is 12.2. The van der Waals surface area contributed by atoms with Crippen LogP contribution >= 0.6 is 0 Å². The predicted octanol–water partition coefficient (Wildman–Crippen LogP) is 5.83. The summed E-state index contributed by atoms with van der Waals surface area (Å²) in [6.07, 6.45) is 10.3. The van der Waals surface area contributed by atoms with Crippen LogP contribution in [0.2, 0.25) is 0 Å². The Bertz CT molecular complexity index is 471. The number of hydrogen-bond donors (Lipinski definition) is 1. The first kappa shape index (κ1) is 21.5. The van der Waals surface area contributed by atoms with Gasteiger partial charge in [-0.25, -0.2) is 4.79 Å². The summed E-state index contributed by atoms with van der Waals surface area (Å²) in [5.74, 6) is 0.544. The van der Waals surface area contributed by atoms with Crippen LogP contribution < -0.4 is 10.5 Å². The second-order valence-electron chi connectivity index (χ2n) is 7.05. The van der Waals surface area contributed by atoms with Crippen LogP contribution in [0.5, 0.6) is 5.75 Å². The summed E-state index contributed by atoms with van der Waals surface area (Å²) in [7, 11) is 0. The molecule has 4 heteroatoms. The minimum absolute atomic E-state index is 0.0570. The number of carbonyl (C=O) groups excluding carboxylic acids is 1. The van der Waals surface area contributed by atoms with E-state index >= 15 is 0 Å². The van der Waals surface area contributed by atoms with Gasteiger partial charge in [0.15, 0.2) is 6.23 Å². The van der Waals surface area contributed by atoms with Crippen molar-refractivity contribution in [3.8, 4) is 5.75 Å². The third-order valence-corrected chi connectivity index (χ3v) is 4.33. The Balaban J connectivity index is 2.20. The molecule has 0 fully saturated rings. The maximum atomic E-state index is 11.6. The van der Waals surface area contributed by atoms with Crippen LogP contribution in [0.1, 0.15) is 77.7 Å². The van der Waals surface area contributed by atoms with Gasteiger partial charge in [-0.2, -0.15) is 0 Å². The van der Waals surface area contributed by atoms with Crippen molar-refractivity contribution in [2.75, 3.05) is 0 Å². The zero-order valence-corrected chi connectivity index (χ0v) is 16.1. The van der Waals surface area contributed by atoms with Crippen molar-refractivity contribution in [2.45, 2.75) is 84.8 Å². The fourth-order valence-electron chi connectivity index (χ4n) is 2.55. The van der Waals surface area contributed by atoms with Crippen LogP contribution in [0.4, 0.5) is 4.79 Å². The molecule has 4 nitrogen and oxygen atoms in total. The first-order valence-corrected chi connectivity index (χ1v) is 9.76. The maximum Gasteiger partial charge on any atom is 0.515 e. The second kappa shape index (κ2) is 12.8. The Morgan fingerprint density at radius 3 is 2.08 bits per heavy atom. The highest BCUT2D eigenvalue weighted by Gasteiger charge is 2.15. The van der Waals surface area contributed by atoms with Gasteiger partial charge in [-0.3, -0.25) is 5.73 Å². The lowest BCUT2D eigenvalue weighted by molar-refractivity contribution is 0.0408. The Kier molecular flexibility index (Phi) is 11.0. The average Bonchev–Trinajstić information content (AvgIpc) is 2.58. The van der Waals surface area contributed by atoms with E-state index < -0.39 is 12.4 Å². The van der Waals surface area contributed by atoms with Crippen LogP contribution in [0.3, 0.4) is 0 Å². The Labute approximate surface area is 153 Å². The number of aryl methyl sites for hydroxylation is 1. The number of hydrogen-bond acceptors (Lipinski definition) is 4. The number of unbranched alkanes of at least 4 members (excludes halogenated alkanes) is 7. The largest absolute Gasteiger partial charge is 0.515 e. The highest BCUT2D eigenvalue weighted by atomic mass is 16.7. The Hall–Kier alpha value is -1.55. The molecule has 0 aliphatic carbocycles. The second-order valence-corrected chi connectivity index (χ2v) is 7.05. The van der Waals surface area contributed by atoms with Crippen LogP contribution in [0.15, 0.2) is 24.3 Å². The lowest BCUT2D eigenvalue weighted by Gasteiger charge is -2.15. The molecule has 1 atom stereocenters. The van der Waals surface area contributed by atoms with Crippen LogP contribution in [0.25, 0.3) is 0 Å². The van der Waals surface area contributed by atoms with Gasteiger partial charge >= 0.3 is 6.16 Å². The molecule has 1 rings (SSSR count). The molecule has 25 heavy (non-hydrogen) atoms. The molecule has 0 saturated carbocycles. The van der Waals surface area contributed by atoms with Crippen molar-refractivity contribution in [1.82, 2.24) is 0 Å². The lowest BCUT2D eigenvalue weighted by atomic mass is 10.0. The van der Waals surface area contributed by atoms with Gasteiger partial charge < -0.3 is 9.47 Å². The van der Waals surface area contributed by atoms with E-state index in [0.717, 1.165) is 6.42 Å². The van der Waals surface area contributed by atoms with E-state index in [1.165, 1.54) is 56.9 Å². The van der Waals surface area contributed by atoms with Crippen molar-refractivity contribution in [3.63, 3.8) is 0 Å². The molecule has 0 aliphatic heterocycles. The summed E-state index contributed by atoms with van der Waals surface area (Å²) in [6.45, 7) is 6.02. The minimum Gasteiger partial charge on any atom is -0.415 e. The number of rotatable bonds is 12. The van der Waals surface area contributed by atoms with Crippen LogP contribution in [0, 0.1) is 5.92 Å². The molecule has 1 aromatic carbocycles. The quantitative estimate of drug-likeness (QED) is 0.223. The van der Waals surface area contributed by atoms with E-state index in [9.17, 15) is 4.79 Å². The van der Waals surface area contributed by atoms with Gasteiger partial charge in [0, 0.05) is 5.92 Å². The summed E-state index contributed by atoms with van der Waals surface area (Å²) in [5.41, 5.74) is 6.95. The van der Waals surface area contributed by atoms with Gasteiger partial charge in [0.1, 0.15) is 5.75 Å². The number of ether oxygens (including phenoxy) is 2. The van der Waals surface area contributed by atoms with Crippen LogP contribution in [-0.4, -0.2) is 12.4 Å². The topological polar surface area (TPSA) is 61.5 Å². The third-order valence-electron chi connectivity index (χ3n) is 4.33. The van der Waals surface area contributed by atoms with E-state index in [1.54, 1.807) is 0 Å². The Morgan fingerprint density at radius 1 is 0.960 bits per heavy atom. The molecule has 0 aliphatic rings. The smallest absolute Gasteiger partial charge is 0.415 e. The van der Waals surface area contributed by atoms with Crippen molar-refractivity contribution in [1.29, 1.82) is 0 Å². The molecule has 0 amide bonds. The monoisotopic (exact) mass is 349 g/mol. The number of nitrogens with two attached hydrogens (primary N) is 1. The van der Waals surface area contributed by atoms with Gasteiger partial charge in [-0.05, 0) is 30.5 Å². The fourth-order valence-corrected chi connectivity index (χ4v) is 2.55. The number of carbonyl (C=O) groups is 1. The summed E-state index contributed by atoms with van der Waals surface area (Å²) in [6, 6.07) is 7.63. The van der Waals surface area contributed by atoms with Crippen molar-refractivity contribution >= 4 is 6.16 Å². The SMILES string of the molecule is CCCCCCCCCCc1ccc(OC(=O)OC(N)C(C)C)cc1. The zero-order valence-electron chi connectivity index (χ0n) is 16.1. The van der Waals surface area contributed by atoms with E-state index in [-0.39, 0.29) is 5.92 Å². The minimum atomic E-state index is -0.753. The molecule has 1 unspecified atom stereocenters. The first-order valence-electron chi connectivity index (χ1n) is 9.76. The fraction of sp³-hybridized carbons (Fsp3) is 0.667. The zero-order chi connectivity index (χ0) is 18.5. The lowest BCUT2D eigenvalue weighted by Crippen LogP contribution is -2.33. The van der Waals surface area contributed by atoms with Gasteiger partial charge in [0.25, 0.3) is 0 Å². The molecule has 0 aromatic heterocycles. The predicted molar refractivity (Wildman–Crippen MR) is 103 cm³/mol. The van der Waals surface area contributed by atoms with Gasteiger partial charge in [0.2, 0.25) is 0 Å². The molecule has 0 radical (unpaired) electrons. The van der Waals surface area contributed by atoms with E-state index in [4.69, 9.17) is 15.2 Å². The molecule has 0 spiro atoms. The van der Waals surface area contributed by atoms with Gasteiger partial charge in [-0.1, -0.05) is 77.8 Å². The molecule has 0 bridgehead atoms. The maximum absolute atomic E-state index is 11.6. The molecule has 142 valence electrons. The third kappa shape index (κ3) is 10.1. The molecule has 0 heterocycles. The van der Waals surface area contributed by atoms with E-state index in [1.807, 2.05) is 38.1 Å². The highest BCUT2D eigenvalue weighted by Crippen LogP contribution is 2.16. The van der Waals surface area contributed by atoms with E-state index in [0.29, 0.717) is 5.75 Å². The summed E-state index contributed by atoms with van der Waals surface area (Å²) in [5, 5.41) is 0. The first-order chi connectivity index (χ1) is 12.0. The summed E-state index contributed by atoms with van der Waals surface area (Å²) < 4.78 is 10.1. The molecule has 0 saturated heterocycles. The highest BCUT2D eigenvalue weighted by molar-refractivity contribution is 5.64. The molecule has 2 N–H and O–H groups in total. The van der Waals surface area contributed by atoms with Crippen LogP contribution in [-0.2, 0) is 11.2 Å². The van der Waals surface area contributed by atoms with Crippen molar-refractivity contribution < 1.29 is 14.3 Å². The van der Waals surface area contributed by atoms with Gasteiger partial charge in [-0.15, -0.1) is 0 Å². The van der Waals surface area contributed by atoms with Crippen molar-refractivity contribution in [3.05, 3.63) is 29.8 Å². The average molecular weight is 350 g/mol. The summed E-state index contributed by atoms with van der Waals surface area (Å²) in [4.78, 5) is 11.6. The molecular weight excluding hydrogens is 314 g/mol. The van der Waals surface area contributed by atoms with Gasteiger partial charge in [0.05, 0.1) is 0 Å². The Morgan fingerprint density at radius 2 is 1.52 bits per heavy atom.